The number of amides is 1. The maximum absolute atomic E-state index is 13.7. The molecule has 1 aliphatic heterocycles. The molecule has 0 aromatic heterocycles. The fourth-order valence-corrected chi connectivity index (χ4v) is 1.63. The van der Waals surface area contributed by atoms with Gasteiger partial charge >= 0.3 is 12.0 Å². The molecular weight excluding hydrogens is 251 g/mol. The summed E-state index contributed by atoms with van der Waals surface area (Å²) < 4.78 is 45.6. The molecule has 106 valence electrons. The number of rotatable bonds is 1. The molecule has 1 atom stereocenters. The molecule has 7 heteroatoms. The third kappa shape index (κ3) is 3.07. The summed E-state index contributed by atoms with van der Waals surface area (Å²) in [6, 6.07) is 0. The molecular formula is C11H18F3NO3. The quantitative estimate of drug-likeness (QED) is 0.791. The highest BCUT2D eigenvalue weighted by atomic mass is 19.3. The summed E-state index contributed by atoms with van der Waals surface area (Å²) in [6.45, 7) is 2.28. The summed E-state index contributed by atoms with van der Waals surface area (Å²) in [4.78, 5) is 12.3. The summed E-state index contributed by atoms with van der Waals surface area (Å²) in [6.07, 6.45) is -1.52. The van der Waals surface area contributed by atoms with Crippen LogP contribution in [0, 0.1) is 0 Å². The molecule has 0 bridgehead atoms. The van der Waals surface area contributed by atoms with Crippen LogP contribution in [0.25, 0.3) is 0 Å². The van der Waals surface area contributed by atoms with Crippen molar-refractivity contribution >= 4 is 6.09 Å². The highest BCUT2D eigenvalue weighted by Crippen LogP contribution is 2.39. The highest BCUT2D eigenvalue weighted by Gasteiger charge is 2.58. The van der Waals surface area contributed by atoms with Gasteiger partial charge in [-0.3, -0.25) is 0 Å². The van der Waals surface area contributed by atoms with E-state index in [1.54, 1.807) is 20.8 Å². The van der Waals surface area contributed by atoms with Crippen molar-refractivity contribution in [2.45, 2.75) is 44.4 Å². The zero-order valence-electron chi connectivity index (χ0n) is 10.7. The Morgan fingerprint density at radius 2 is 1.94 bits per heavy atom. The fourth-order valence-electron chi connectivity index (χ4n) is 1.63. The Bertz CT molecular complexity index is 330. The summed E-state index contributed by atoms with van der Waals surface area (Å²) in [5.74, 6) is -3.78. The van der Waals surface area contributed by atoms with Gasteiger partial charge in [-0.15, -0.1) is 0 Å². The average Bonchev–Trinajstić information content (AvgIpc) is 2.19. The van der Waals surface area contributed by atoms with Crippen molar-refractivity contribution in [2.75, 3.05) is 19.7 Å². The molecule has 0 spiro atoms. The van der Waals surface area contributed by atoms with Crippen LogP contribution in [0.5, 0.6) is 0 Å². The minimum atomic E-state index is -3.78. The van der Waals surface area contributed by atoms with Crippen molar-refractivity contribution in [3.05, 3.63) is 0 Å². The molecule has 0 radical (unpaired) electrons. The number of carbonyl (C=O) groups is 1. The second-order valence-electron chi connectivity index (χ2n) is 5.48. The van der Waals surface area contributed by atoms with E-state index in [9.17, 15) is 18.0 Å². The Morgan fingerprint density at radius 3 is 2.33 bits per heavy atom. The molecule has 0 unspecified atom stereocenters. The van der Waals surface area contributed by atoms with E-state index < -0.39 is 42.9 Å². The Balaban J connectivity index is 2.73. The lowest BCUT2D eigenvalue weighted by atomic mass is 9.90. The standard InChI is InChI=1S/C11H18F3NO3/c1-9(2,3)18-8(17)15-5-4-10(12,7-16)11(13,14)6-15/h16H,4-7H2,1-3H3/t10-/m1/s1. The zero-order valence-corrected chi connectivity index (χ0v) is 10.7. The predicted molar refractivity (Wildman–Crippen MR) is 58.3 cm³/mol. The molecule has 1 aliphatic rings. The number of halogens is 3. The summed E-state index contributed by atoms with van der Waals surface area (Å²) in [5.41, 5.74) is -3.76. The van der Waals surface area contributed by atoms with E-state index in [2.05, 4.69) is 0 Å². The van der Waals surface area contributed by atoms with Gasteiger partial charge in [0.15, 0.2) is 5.67 Å². The van der Waals surface area contributed by atoms with E-state index in [0.29, 0.717) is 0 Å². The first kappa shape index (κ1) is 15.1. The van der Waals surface area contributed by atoms with Crippen LogP contribution in [0.1, 0.15) is 27.2 Å². The van der Waals surface area contributed by atoms with E-state index in [1.807, 2.05) is 0 Å². The molecule has 0 aromatic carbocycles. The van der Waals surface area contributed by atoms with E-state index >= 15 is 0 Å². The number of aliphatic hydroxyl groups is 1. The normalized spacial score (nSPS) is 28.1. The first-order chi connectivity index (χ1) is 8.01. The number of piperidine rings is 1. The van der Waals surface area contributed by atoms with E-state index in [-0.39, 0.29) is 6.54 Å². The number of ether oxygens (including phenoxy) is 1. The minimum Gasteiger partial charge on any atom is -0.444 e. The van der Waals surface area contributed by atoms with Crippen LogP contribution in [0.3, 0.4) is 0 Å². The number of nitrogens with zero attached hydrogens (tertiary/aromatic N) is 1. The smallest absolute Gasteiger partial charge is 0.410 e. The number of hydrogen-bond acceptors (Lipinski definition) is 3. The largest absolute Gasteiger partial charge is 0.444 e. The lowest BCUT2D eigenvalue weighted by Gasteiger charge is -2.41. The van der Waals surface area contributed by atoms with Crippen LogP contribution in [0.2, 0.25) is 0 Å². The van der Waals surface area contributed by atoms with Gasteiger partial charge in [-0.25, -0.2) is 18.0 Å². The fraction of sp³-hybridized carbons (Fsp3) is 0.909. The Kier molecular flexibility index (Phi) is 3.86. The molecule has 18 heavy (non-hydrogen) atoms. The second kappa shape index (κ2) is 4.60. The third-order valence-corrected chi connectivity index (χ3v) is 2.73. The molecule has 1 N–H and O–H groups in total. The van der Waals surface area contributed by atoms with Crippen LogP contribution >= 0.6 is 0 Å². The Hall–Kier alpha value is -0.980. The topological polar surface area (TPSA) is 49.8 Å². The molecule has 1 saturated heterocycles. The van der Waals surface area contributed by atoms with Gasteiger partial charge in [0.1, 0.15) is 5.60 Å². The van der Waals surface area contributed by atoms with Crippen molar-refractivity contribution in [3.63, 3.8) is 0 Å². The van der Waals surface area contributed by atoms with Gasteiger partial charge < -0.3 is 14.7 Å². The molecule has 1 rings (SSSR count). The van der Waals surface area contributed by atoms with Crippen LogP contribution < -0.4 is 0 Å². The first-order valence-electron chi connectivity index (χ1n) is 5.66. The summed E-state index contributed by atoms with van der Waals surface area (Å²) in [7, 11) is 0. The van der Waals surface area contributed by atoms with Gasteiger partial charge in [0.2, 0.25) is 0 Å². The minimum absolute atomic E-state index is 0.207. The van der Waals surface area contributed by atoms with Crippen molar-refractivity contribution in [1.82, 2.24) is 4.90 Å². The second-order valence-corrected chi connectivity index (χ2v) is 5.48. The average molecular weight is 269 g/mol. The van der Waals surface area contributed by atoms with Crippen molar-refractivity contribution in [1.29, 1.82) is 0 Å². The number of likely N-dealkylation sites (tertiary alicyclic amines) is 1. The Morgan fingerprint density at radius 1 is 1.39 bits per heavy atom. The zero-order chi connectivity index (χ0) is 14.2. The lowest BCUT2D eigenvalue weighted by Crippen LogP contribution is -2.61. The van der Waals surface area contributed by atoms with E-state index in [4.69, 9.17) is 9.84 Å². The maximum atomic E-state index is 13.7. The van der Waals surface area contributed by atoms with Gasteiger partial charge in [0.25, 0.3) is 0 Å². The number of alkyl halides is 3. The summed E-state index contributed by atoms with van der Waals surface area (Å²) in [5, 5.41) is 8.71. The van der Waals surface area contributed by atoms with E-state index in [0.717, 1.165) is 4.90 Å². The molecule has 0 aromatic rings. The van der Waals surface area contributed by atoms with Crippen molar-refractivity contribution < 1.29 is 27.8 Å². The monoisotopic (exact) mass is 269 g/mol. The molecule has 1 amide bonds. The van der Waals surface area contributed by atoms with Crippen LogP contribution in [0.4, 0.5) is 18.0 Å². The number of aliphatic hydroxyl groups excluding tert-OH is 1. The highest BCUT2D eigenvalue weighted by molar-refractivity contribution is 5.68. The molecule has 1 heterocycles. The maximum Gasteiger partial charge on any atom is 0.410 e. The van der Waals surface area contributed by atoms with Crippen LogP contribution in [-0.2, 0) is 4.74 Å². The molecule has 1 fully saturated rings. The number of carbonyl (C=O) groups excluding carboxylic acids is 1. The lowest BCUT2D eigenvalue weighted by molar-refractivity contribution is -0.190. The SMILES string of the molecule is CC(C)(C)OC(=O)N1CC[C@@](F)(CO)C(F)(F)C1. The number of hydrogen-bond donors (Lipinski definition) is 1. The van der Waals surface area contributed by atoms with Gasteiger partial charge in [-0.05, 0) is 20.8 Å². The molecule has 0 saturated carbocycles. The van der Waals surface area contributed by atoms with Crippen LogP contribution in [0.15, 0.2) is 0 Å². The van der Waals surface area contributed by atoms with Gasteiger partial charge in [0.05, 0.1) is 13.2 Å². The molecule has 4 nitrogen and oxygen atoms in total. The van der Waals surface area contributed by atoms with Gasteiger partial charge in [-0.1, -0.05) is 0 Å². The summed E-state index contributed by atoms with van der Waals surface area (Å²) >= 11 is 0. The van der Waals surface area contributed by atoms with Crippen molar-refractivity contribution in [3.8, 4) is 0 Å². The Labute approximate surface area is 104 Å². The van der Waals surface area contributed by atoms with Gasteiger partial charge in [0, 0.05) is 13.0 Å². The molecule has 0 aliphatic carbocycles. The third-order valence-electron chi connectivity index (χ3n) is 2.73. The van der Waals surface area contributed by atoms with E-state index in [1.165, 1.54) is 0 Å². The first-order valence-corrected chi connectivity index (χ1v) is 5.66. The van der Waals surface area contributed by atoms with Crippen molar-refractivity contribution in [2.24, 2.45) is 0 Å². The van der Waals surface area contributed by atoms with Gasteiger partial charge in [-0.2, -0.15) is 0 Å². The van der Waals surface area contributed by atoms with Crippen LogP contribution in [-0.4, -0.2) is 53.0 Å². The predicted octanol–water partition coefficient (Wildman–Crippen LogP) is 1.96.